The Morgan fingerprint density at radius 1 is 1.52 bits per heavy atom. The number of nitrogens with zero attached hydrogens (tertiary/aromatic N) is 2. The average molecular weight is 407 g/mol. The second-order valence-electron chi connectivity index (χ2n) is 5.64. The van der Waals surface area contributed by atoms with E-state index in [1.807, 2.05) is 0 Å². The maximum Gasteiger partial charge on any atom is 0.347 e. The molecule has 122 valence electrons. The third kappa shape index (κ3) is 2.35. The number of halogens is 4. The molecule has 5 nitrogen and oxygen atoms in total. The number of alkyl halides is 1. The highest BCUT2D eigenvalue weighted by Crippen LogP contribution is 2.44. The molecule has 9 heteroatoms. The second-order valence-corrected chi connectivity index (χ2v) is 6.84. The Balaban J connectivity index is 1.94. The molecule has 1 saturated heterocycles. The minimum absolute atomic E-state index is 0.00551. The monoisotopic (exact) mass is 405 g/mol. The molecule has 1 aromatic carbocycles. The van der Waals surface area contributed by atoms with Crippen molar-refractivity contribution in [3.63, 3.8) is 0 Å². The molecule has 0 amide bonds. The molecule has 1 aromatic heterocycles. The van der Waals surface area contributed by atoms with Crippen LogP contribution in [-0.4, -0.2) is 41.9 Å². The number of fused-ring (bicyclic) bond motifs is 2. The first-order valence-electron chi connectivity index (χ1n) is 7.05. The largest absolute Gasteiger partial charge is 0.379 e. The summed E-state index contributed by atoms with van der Waals surface area (Å²) in [5, 5.41) is 0.496. The molecule has 1 saturated carbocycles. The molecular weight excluding hydrogens is 396 g/mol. The lowest BCUT2D eigenvalue weighted by molar-refractivity contribution is 0.131. The minimum atomic E-state index is -1.04. The zero-order valence-corrected chi connectivity index (χ0v) is 14.0. The van der Waals surface area contributed by atoms with E-state index in [0.29, 0.717) is 25.1 Å². The number of H-pyrrole nitrogens is 1. The van der Waals surface area contributed by atoms with Gasteiger partial charge in [-0.15, -0.1) is 0 Å². The van der Waals surface area contributed by atoms with Gasteiger partial charge in [0.05, 0.1) is 34.3 Å². The molecule has 0 bridgehead atoms. The zero-order chi connectivity index (χ0) is 16.3. The van der Waals surface area contributed by atoms with Crippen LogP contribution in [-0.2, 0) is 4.74 Å². The molecule has 3 atom stereocenters. The first-order valence-corrected chi connectivity index (χ1v) is 8.22. The van der Waals surface area contributed by atoms with Crippen molar-refractivity contribution in [2.75, 3.05) is 24.7 Å². The van der Waals surface area contributed by atoms with E-state index in [0.717, 1.165) is 0 Å². The molecule has 4 rings (SSSR count). The summed E-state index contributed by atoms with van der Waals surface area (Å²) in [5.74, 6) is -0.689. The standard InChI is InChI=1S/C14H11BrClF2N3O2/c15-8-7(16)3-5-11(10(8)18)19-14(22)20-13(5)21-1-2-23-4-6-9(17)12(6)21/h3,6,9,12H,1-2,4H2,(H,19,20,22)/t6-,9-,12-/m0/s1. The van der Waals surface area contributed by atoms with Gasteiger partial charge in [-0.3, -0.25) is 0 Å². The first-order chi connectivity index (χ1) is 11.0. The Labute approximate surface area is 142 Å². The van der Waals surface area contributed by atoms with E-state index >= 15 is 0 Å². The molecule has 0 unspecified atom stereocenters. The maximum absolute atomic E-state index is 14.4. The Bertz CT molecular complexity index is 862. The summed E-state index contributed by atoms with van der Waals surface area (Å²) in [6, 6.07) is 1.11. The topological polar surface area (TPSA) is 58.2 Å². The summed E-state index contributed by atoms with van der Waals surface area (Å²) in [6.45, 7) is 1.11. The highest BCUT2D eigenvalue weighted by atomic mass is 79.9. The Morgan fingerprint density at radius 2 is 2.30 bits per heavy atom. The minimum Gasteiger partial charge on any atom is -0.379 e. The van der Waals surface area contributed by atoms with E-state index in [-0.39, 0.29) is 26.7 Å². The van der Waals surface area contributed by atoms with Gasteiger partial charge in [0.1, 0.15) is 12.0 Å². The molecule has 1 N–H and O–H groups in total. The third-order valence-corrected chi connectivity index (χ3v) is 5.60. The van der Waals surface area contributed by atoms with E-state index < -0.39 is 23.7 Å². The van der Waals surface area contributed by atoms with Gasteiger partial charge in [0.15, 0.2) is 5.82 Å². The van der Waals surface area contributed by atoms with Crippen LogP contribution < -0.4 is 10.6 Å². The van der Waals surface area contributed by atoms with Gasteiger partial charge in [0, 0.05) is 17.8 Å². The predicted octanol–water partition coefficient (Wildman–Crippen LogP) is 2.65. The summed E-state index contributed by atoms with van der Waals surface area (Å²) in [5.41, 5.74) is -0.701. The van der Waals surface area contributed by atoms with Crippen molar-refractivity contribution in [2.24, 2.45) is 5.92 Å². The lowest BCUT2D eigenvalue weighted by Crippen LogP contribution is -2.33. The number of rotatable bonds is 1. The molecular formula is C14H11BrClF2N3O2. The summed E-state index contributed by atoms with van der Waals surface area (Å²) in [6.07, 6.45) is -1.04. The van der Waals surface area contributed by atoms with Gasteiger partial charge in [0.25, 0.3) is 0 Å². The Hall–Kier alpha value is -1.25. The lowest BCUT2D eigenvalue weighted by atomic mass is 10.2. The smallest absolute Gasteiger partial charge is 0.347 e. The Morgan fingerprint density at radius 3 is 3.09 bits per heavy atom. The molecule has 2 fully saturated rings. The first kappa shape index (κ1) is 15.3. The highest BCUT2D eigenvalue weighted by molar-refractivity contribution is 9.10. The van der Waals surface area contributed by atoms with Gasteiger partial charge in [-0.25, -0.2) is 13.6 Å². The van der Waals surface area contributed by atoms with Gasteiger partial charge < -0.3 is 14.6 Å². The van der Waals surface area contributed by atoms with E-state index in [1.165, 1.54) is 6.07 Å². The van der Waals surface area contributed by atoms with Gasteiger partial charge in [0.2, 0.25) is 0 Å². The molecule has 2 aliphatic rings. The normalized spacial score (nSPS) is 27.0. The molecule has 23 heavy (non-hydrogen) atoms. The van der Waals surface area contributed by atoms with Crippen LogP contribution in [0.1, 0.15) is 0 Å². The van der Waals surface area contributed by atoms with Gasteiger partial charge in [-0.2, -0.15) is 4.98 Å². The number of anilines is 1. The van der Waals surface area contributed by atoms with Crippen molar-refractivity contribution in [2.45, 2.75) is 12.2 Å². The number of aromatic nitrogens is 2. The fourth-order valence-electron chi connectivity index (χ4n) is 3.09. The molecule has 0 radical (unpaired) electrons. The summed E-state index contributed by atoms with van der Waals surface area (Å²) in [4.78, 5) is 19.9. The average Bonchev–Trinajstić information content (AvgIpc) is 3.21. The number of ether oxygens (including phenoxy) is 1. The predicted molar refractivity (Wildman–Crippen MR) is 85.4 cm³/mol. The van der Waals surface area contributed by atoms with E-state index in [2.05, 4.69) is 25.9 Å². The van der Waals surface area contributed by atoms with Gasteiger partial charge in [-0.1, -0.05) is 11.6 Å². The van der Waals surface area contributed by atoms with Crippen LogP contribution in [0.25, 0.3) is 10.9 Å². The van der Waals surface area contributed by atoms with Crippen molar-refractivity contribution in [1.29, 1.82) is 0 Å². The van der Waals surface area contributed by atoms with Crippen LogP contribution in [0.3, 0.4) is 0 Å². The fourth-order valence-corrected chi connectivity index (χ4v) is 3.60. The summed E-state index contributed by atoms with van der Waals surface area (Å²) >= 11 is 9.07. The van der Waals surface area contributed by atoms with Crippen molar-refractivity contribution in [3.8, 4) is 0 Å². The van der Waals surface area contributed by atoms with E-state index in [1.54, 1.807) is 4.90 Å². The van der Waals surface area contributed by atoms with Crippen LogP contribution in [0.5, 0.6) is 0 Å². The number of hydrogen-bond donors (Lipinski definition) is 1. The van der Waals surface area contributed by atoms with Crippen molar-refractivity contribution >= 4 is 44.3 Å². The molecule has 1 aliphatic heterocycles. The van der Waals surface area contributed by atoms with Crippen molar-refractivity contribution in [1.82, 2.24) is 9.97 Å². The molecule has 1 aliphatic carbocycles. The van der Waals surface area contributed by atoms with Crippen LogP contribution in [0.4, 0.5) is 14.6 Å². The maximum atomic E-state index is 14.4. The van der Waals surface area contributed by atoms with E-state index in [9.17, 15) is 13.6 Å². The van der Waals surface area contributed by atoms with Crippen LogP contribution >= 0.6 is 27.5 Å². The molecule has 2 aromatic rings. The quantitative estimate of drug-likeness (QED) is 0.740. The third-order valence-electron chi connectivity index (χ3n) is 4.29. The van der Waals surface area contributed by atoms with Crippen LogP contribution in [0.2, 0.25) is 5.02 Å². The van der Waals surface area contributed by atoms with Gasteiger partial charge in [-0.05, 0) is 22.0 Å². The number of hydrogen-bond acceptors (Lipinski definition) is 4. The van der Waals surface area contributed by atoms with E-state index in [4.69, 9.17) is 16.3 Å². The second kappa shape index (κ2) is 5.39. The van der Waals surface area contributed by atoms with Crippen molar-refractivity contribution < 1.29 is 13.5 Å². The number of benzene rings is 1. The molecule has 0 spiro atoms. The number of aromatic amines is 1. The number of nitrogens with one attached hydrogen (secondary N) is 1. The van der Waals surface area contributed by atoms with Crippen LogP contribution in [0, 0.1) is 11.7 Å². The van der Waals surface area contributed by atoms with Crippen molar-refractivity contribution in [3.05, 3.63) is 31.9 Å². The zero-order valence-electron chi connectivity index (χ0n) is 11.7. The summed E-state index contributed by atoms with van der Waals surface area (Å²) < 4.78 is 33.8. The van der Waals surface area contributed by atoms with Gasteiger partial charge >= 0.3 is 5.69 Å². The SMILES string of the molecule is O=c1nc(N2CCOC[C@H]3[C@H](F)[C@H]32)c2cc(Cl)c(Br)c(F)c2[nH]1. The Kier molecular flexibility index (Phi) is 3.58. The summed E-state index contributed by atoms with van der Waals surface area (Å²) in [7, 11) is 0. The lowest BCUT2D eigenvalue weighted by Gasteiger charge is -2.23. The van der Waals surface area contributed by atoms with Crippen LogP contribution in [0.15, 0.2) is 15.3 Å². The molecule has 2 heterocycles. The fraction of sp³-hybridized carbons (Fsp3) is 0.429. The highest BCUT2D eigenvalue weighted by Gasteiger charge is 2.56.